The molecule has 0 saturated carbocycles. The summed E-state index contributed by atoms with van der Waals surface area (Å²) in [5, 5.41) is 5.26. The first kappa shape index (κ1) is 28.7. The van der Waals surface area contributed by atoms with E-state index < -0.39 is 26.3 Å². The third kappa shape index (κ3) is 6.99. The molecule has 0 aliphatic rings. The predicted octanol–water partition coefficient (Wildman–Crippen LogP) is 6.10. The number of aryl methyl sites for hydroxylation is 4. The average Bonchev–Trinajstić information content (AvgIpc) is 2.85. The highest BCUT2D eigenvalue weighted by Crippen LogP contribution is 2.27. The van der Waals surface area contributed by atoms with Crippen molar-refractivity contribution >= 4 is 37.6 Å². The number of rotatable bonds is 8. The molecule has 40 heavy (non-hydrogen) atoms. The van der Waals surface area contributed by atoms with Gasteiger partial charge < -0.3 is 19.0 Å². The Bertz CT molecular complexity index is 1730. The number of hydrogen-bond donors (Lipinski definition) is 2. The molecule has 9 nitrogen and oxygen atoms in total. The van der Waals surface area contributed by atoms with Gasteiger partial charge >= 0.3 is 26.3 Å². The van der Waals surface area contributed by atoms with Gasteiger partial charge in [-0.3, -0.25) is 0 Å². The fourth-order valence-electron chi connectivity index (χ4n) is 4.09. The van der Waals surface area contributed by atoms with Crippen molar-refractivity contribution in [3.8, 4) is 11.5 Å². The van der Waals surface area contributed by atoms with Gasteiger partial charge in [-0.25, -0.2) is 4.79 Å². The van der Waals surface area contributed by atoms with Crippen molar-refractivity contribution in [3.05, 3.63) is 107 Å². The van der Waals surface area contributed by atoms with E-state index in [1.54, 1.807) is 38.1 Å². The highest BCUT2D eigenvalue weighted by atomic mass is 32.2. The molecule has 0 spiro atoms. The third-order valence-corrected chi connectivity index (χ3v) is 8.62. The zero-order valence-electron chi connectivity index (χ0n) is 22.3. The summed E-state index contributed by atoms with van der Waals surface area (Å²) in [4.78, 5) is 12.6. The minimum atomic E-state index is -4.05. The molecule has 0 radical (unpaired) electrons. The Morgan fingerprint density at radius 3 is 1.45 bits per heavy atom. The maximum atomic E-state index is 12.9. The van der Waals surface area contributed by atoms with Crippen molar-refractivity contribution in [3.63, 3.8) is 0 Å². The topological polar surface area (TPSA) is 128 Å². The van der Waals surface area contributed by atoms with Crippen LogP contribution in [0.1, 0.15) is 22.3 Å². The van der Waals surface area contributed by atoms with Crippen molar-refractivity contribution in [1.29, 1.82) is 0 Å². The zero-order valence-corrected chi connectivity index (χ0v) is 23.9. The van der Waals surface area contributed by atoms with Gasteiger partial charge in [-0.2, -0.15) is 16.8 Å². The van der Waals surface area contributed by atoms with Gasteiger partial charge in [0.25, 0.3) is 0 Å². The molecule has 4 rings (SSSR count). The summed E-state index contributed by atoms with van der Waals surface area (Å²) in [6.45, 7) is 7.18. The number of amides is 2. The van der Waals surface area contributed by atoms with Crippen molar-refractivity contribution < 1.29 is 30.0 Å². The normalized spacial score (nSPS) is 11.5. The predicted molar refractivity (Wildman–Crippen MR) is 153 cm³/mol. The van der Waals surface area contributed by atoms with Gasteiger partial charge in [0.05, 0.1) is 0 Å². The van der Waals surface area contributed by atoms with Crippen LogP contribution in [-0.4, -0.2) is 22.9 Å². The van der Waals surface area contributed by atoms with Gasteiger partial charge in [0, 0.05) is 11.4 Å². The molecule has 208 valence electrons. The number of carbonyl (C=O) groups excluding carboxylic acids is 1. The highest BCUT2D eigenvalue weighted by Gasteiger charge is 2.22. The summed E-state index contributed by atoms with van der Waals surface area (Å²) in [6, 6.07) is 21.0. The largest absolute Gasteiger partial charge is 0.379 e. The number of benzene rings is 4. The van der Waals surface area contributed by atoms with E-state index in [2.05, 4.69) is 10.6 Å². The first-order valence-corrected chi connectivity index (χ1v) is 15.0. The van der Waals surface area contributed by atoms with E-state index in [0.717, 1.165) is 11.1 Å². The Morgan fingerprint density at radius 2 is 1.00 bits per heavy atom. The zero-order chi connectivity index (χ0) is 29.1. The summed E-state index contributed by atoms with van der Waals surface area (Å²) in [6.07, 6.45) is 0. The molecule has 2 N–H and O–H groups in total. The minimum absolute atomic E-state index is 0.0362. The summed E-state index contributed by atoms with van der Waals surface area (Å²) < 4.78 is 61.1. The van der Waals surface area contributed by atoms with Crippen LogP contribution in [0.15, 0.2) is 94.7 Å². The maximum absolute atomic E-state index is 12.9. The maximum Gasteiger partial charge on any atom is 0.339 e. The van der Waals surface area contributed by atoms with Gasteiger partial charge in [-0.05, 0) is 99.5 Å². The number of nitrogens with one attached hydrogen (secondary N) is 2. The number of carbonyl (C=O) groups is 1. The van der Waals surface area contributed by atoms with E-state index in [0.29, 0.717) is 22.5 Å². The summed E-state index contributed by atoms with van der Waals surface area (Å²) >= 11 is 0. The van der Waals surface area contributed by atoms with E-state index in [9.17, 15) is 21.6 Å². The van der Waals surface area contributed by atoms with Crippen LogP contribution in [0, 0.1) is 27.7 Å². The molecule has 0 saturated heterocycles. The Labute approximate surface area is 234 Å². The first-order chi connectivity index (χ1) is 18.8. The molecule has 2 amide bonds. The highest BCUT2D eigenvalue weighted by molar-refractivity contribution is 7.87. The molecule has 0 fully saturated rings. The Balaban J connectivity index is 1.35. The molecular weight excluding hydrogens is 552 g/mol. The monoisotopic (exact) mass is 580 g/mol. The molecule has 11 heteroatoms. The van der Waals surface area contributed by atoms with Crippen molar-refractivity contribution in [2.45, 2.75) is 37.5 Å². The molecule has 0 aliphatic carbocycles. The van der Waals surface area contributed by atoms with Gasteiger partial charge in [-0.15, -0.1) is 0 Å². The number of urea groups is 1. The molecule has 0 aromatic heterocycles. The Hall–Kier alpha value is -4.35. The van der Waals surface area contributed by atoms with Crippen LogP contribution in [0.4, 0.5) is 16.2 Å². The number of hydrogen-bond acceptors (Lipinski definition) is 7. The molecule has 0 unspecified atom stereocenters. The molecule has 0 aliphatic heterocycles. The van der Waals surface area contributed by atoms with Crippen molar-refractivity contribution in [2.24, 2.45) is 0 Å². The molecular formula is C29H28N2O7S2. The van der Waals surface area contributed by atoms with E-state index in [-0.39, 0.29) is 21.3 Å². The average molecular weight is 581 g/mol. The lowest BCUT2D eigenvalue weighted by atomic mass is 10.1. The van der Waals surface area contributed by atoms with Crippen LogP contribution in [0.3, 0.4) is 0 Å². The van der Waals surface area contributed by atoms with Crippen LogP contribution in [0.2, 0.25) is 0 Å². The quantitative estimate of drug-likeness (QED) is 0.241. The lowest BCUT2D eigenvalue weighted by Crippen LogP contribution is -2.19. The van der Waals surface area contributed by atoms with Crippen LogP contribution in [0.5, 0.6) is 11.5 Å². The van der Waals surface area contributed by atoms with Crippen LogP contribution < -0.4 is 19.0 Å². The van der Waals surface area contributed by atoms with Gasteiger partial charge in [0.1, 0.15) is 21.3 Å². The molecule has 0 atom stereocenters. The van der Waals surface area contributed by atoms with E-state index in [4.69, 9.17) is 8.37 Å². The SMILES string of the molecule is Cc1ccc(S(=O)(=O)Oc2ccc(NC(=O)Nc3ccc(OS(=O)(=O)c4c(C)cc(C)cc4C)cc3)cc2)cc1. The second-order valence-electron chi connectivity index (χ2n) is 9.24. The fourth-order valence-corrected chi connectivity index (χ4v) is 6.37. The van der Waals surface area contributed by atoms with Gasteiger partial charge in [0.2, 0.25) is 0 Å². The Kier molecular flexibility index (Phi) is 8.17. The Morgan fingerprint density at radius 1 is 0.575 bits per heavy atom. The first-order valence-electron chi connectivity index (χ1n) is 12.1. The minimum Gasteiger partial charge on any atom is -0.379 e. The third-order valence-electron chi connectivity index (χ3n) is 5.80. The molecule has 4 aromatic carbocycles. The van der Waals surface area contributed by atoms with Crippen LogP contribution in [0.25, 0.3) is 0 Å². The summed E-state index contributed by atoms with van der Waals surface area (Å²) in [5.41, 5.74) is 3.87. The standard InChI is InChI=1S/C29H28N2O7S2/c1-19-5-15-27(16-6-19)39(33,34)37-25-11-7-23(8-12-25)30-29(32)31-24-9-13-26(14-10-24)38-40(35,36)28-21(3)17-20(2)18-22(28)4/h5-18H,1-4H3,(H2,30,31,32). The molecule has 0 bridgehead atoms. The van der Waals surface area contributed by atoms with E-state index in [1.165, 1.54) is 60.7 Å². The lowest BCUT2D eigenvalue weighted by molar-refractivity contribution is 0.262. The number of anilines is 2. The van der Waals surface area contributed by atoms with Crippen LogP contribution in [-0.2, 0) is 20.2 Å². The van der Waals surface area contributed by atoms with Crippen molar-refractivity contribution in [2.75, 3.05) is 10.6 Å². The van der Waals surface area contributed by atoms with E-state index >= 15 is 0 Å². The molecule has 4 aromatic rings. The summed E-state index contributed by atoms with van der Waals surface area (Å²) in [7, 11) is -8.04. The fraction of sp³-hybridized carbons (Fsp3) is 0.138. The van der Waals surface area contributed by atoms with Gasteiger partial charge in [-0.1, -0.05) is 35.4 Å². The summed E-state index contributed by atoms with van der Waals surface area (Å²) in [5.74, 6) is 0.189. The van der Waals surface area contributed by atoms with E-state index in [1.807, 2.05) is 13.8 Å². The molecule has 0 heterocycles. The second kappa shape index (κ2) is 11.4. The smallest absolute Gasteiger partial charge is 0.339 e. The van der Waals surface area contributed by atoms with Crippen LogP contribution >= 0.6 is 0 Å². The lowest BCUT2D eigenvalue weighted by Gasteiger charge is -2.13. The van der Waals surface area contributed by atoms with Crippen molar-refractivity contribution in [1.82, 2.24) is 0 Å². The second-order valence-corrected chi connectivity index (χ2v) is 12.3. The van der Waals surface area contributed by atoms with Gasteiger partial charge in [0.15, 0.2) is 0 Å².